The fraction of sp³-hybridized carbons (Fsp3) is 0.278. The number of halogens is 1. The van der Waals surface area contributed by atoms with E-state index in [1.165, 1.54) is 24.0 Å². The predicted octanol–water partition coefficient (Wildman–Crippen LogP) is 1.93. The Bertz CT molecular complexity index is 674. The average Bonchev–Trinajstić information content (AvgIpc) is 2.59. The molecule has 2 rings (SSSR count). The van der Waals surface area contributed by atoms with Gasteiger partial charge in [-0.1, -0.05) is 18.2 Å². The number of amides is 2. The van der Waals surface area contributed by atoms with Gasteiger partial charge in [-0.05, 0) is 35.7 Å². The molecule has 0 aliphatic rings. The summed E-state index contributed by atoms with van der Waals surface area (Å²) in [7, 11) is 0. The molecule has 0 radical (unpaired) electrons. The number of nitrogens with one attached hydrogen (secondary N) is 1. The Kier molecular flexibility index (Phi) is 6.42. The molecule has 1 aromatic carbocycles. The van der Waals surface area contributed by atoms with Crippen LogP contribution in [0.1, 0.15) is 18.1 Å². The molecule has 24 heavy (non-hydrogen) atoms. The fourth-order valence-corrected chi connectivity index (χ4v) is 2.20. The number of rotatable bonds is 7. The minimum absolute atomic E-state index is 0.00318. The van der Waals surface area contributed by atoms with Crippen LogP contribution >= 0.6 is 0 Å². The van der Waals surface area contributed by atoms with Crippen molar-refractivity contribution >= 4 is 11.8 Å². The van der Waals surface area contributed by atoms with Crippen LogP contribution < -0.4 is 5.32 Å². The molecular formula is C18H20FN3O2. The van der Waals surface area contributed by atoms with Gasteiger partial charge < -0.3 is 10.2 Å². The maximum atomic E-state index is 12.9. The molecule has 6 heteroatoms. The largest absolute Gasteiger partial charge is 0.350 e. The summed E-state index contributed by atoms with van der Waals surface area (Å²) in [6.45, 7) is 2.20. The third-order valence-electron chi connectivity index (χ3n) is 3.58. The summed E-state index contributed by atoms with van der Waals surface area (Å²) in [5.74, 6) is -0.696. The molecule has 0 unspecified atom stereocenters. The van der Waals surface area contributed by atoms with Crippen LogP contribution in [0.4, 0.5) is 4.39 Å². The van der Waals surface area contributed by atoms with Crippen LogP contribution in [0.2, 0.25) is 0 Å². The highest BCUT2D eigenvalue weighted by Gasteiger charge is 2.13. The van der Waals surface area contributed by atoms with E-state index in [9.17, 15) is 14.0 Å². The lowest BCUT2D eigenvalue weighted by atomic mass is 10.1. The Balaban J connectivity index is 1.82. The highest BCUT2D eigenvalue weighted by molar-refractivity contribution is 5.83. The minimum Gasteiger partial charge on any atom is -0.350 e. The zero-order chi connectivity index (χ0) is 17.4. The molecule has 0 saturated carbocycles. The number of pyridine rings is 1. The zero-order valence-electron chi connectivity index (χ0n) is 13.5. The molecular weight excluding hydrogens is 309 g/mol. The summed E-state index contributed by atoms with van der Waals surface area (Å²) in [6.07, 6.45) is 3.91. The number of benzene rings is 1. The molecule has 2 amide bonds. The van der Waals surface area contributed by atoms with E-state index in [1.807, 2.05) is 6.07 Å². The van der Waals surface area contributed by atoms with Crippen molar-refractivity contribution in [2.75, 3.05) is 13.1 Å². The second-order valence-electron chi connectivity index (χ2n) is 5.46. The zero-order valence-corrected chi connectivity index (χ0v) is 13.5. The summed E-state index contributed by atoms with van der Waals surface area (Å²) in [6, 6.07) is 9.78. The highest BCUT2D eigenvalue weighted by atomic mass is 19.1. The van der Waals surface area contributed by atoms with E-state index in [-0.39, 0.29) is 24.2 Å². The first-order valence-electron chi connectivity index (χ1n) is 7.70. The van der Waals surface area contributed by atoms with Gasteiger partial charge in [0.05, 0.1) is 6.54 Å². The topological polar surface area (TPSA) is 62.3 Å². The van der Waals surface area contributed by atoms with Gasteiger partial charge in [-0.3, -0.25) is 14.6 Å². The Morgan fingerprint density at radius 1 is 1.17 bits per heavy atom. The number of nitrogens with zero attached hydrogens (tertiary/aromatic N) is 2. The third-order valence-corrected chi connectivity index (χ3v) is 3.58. The van der Waals surface area contributed by atoms with E-state index in [1.54, 1.807) is 30.6 Å². The lowest BCUT2D eigenvalue weighted by Gasteiger charge is -2.20. The molecule has 0 saturated heterocycles. The second-order valence-corrected chi connectivity index (χ2v) is 5.46. The van der Waals surface area contributed by atoms with Gasteiger partial charge in [-0.15, -0.1) is 0 Å². The Morgan fingerprint density at radius 3 is 2.54 bits per heavy atom. The van der Waals surface area contributed by atoms with Crippen molar-refractivity contribution in [3.63, 3.8) is 0 Å². The first kappa shape index (κ1) is 17.6. The Morgan fingerprint density at radius 2 is 1.92 bits per heavy atom. The van der Waals surface area contributed by atoms with Crippen LogP contribution in [0.3, 0.4) is 0 Å². The average molecular weight is 329 g/mol. The van der Waals surface area contributed by atoms with Crippen LogP contribution in [0.15, 0.2) is 48.8 Å². The van der Waals surface area contributed by atoms with Crippen molar-refractivity contribution in [3.05, 3.63) is 65.7 Å². The smallest absolute Gasteiger partial charge is 0.239 e. The van der Waals surface area contributed by atoms with E-state index in [4.69, 9.17) is 0 Å². The summed E-state index contributed by atoms with van der Waals surface area (Å²) >= 11 is 0. The van der Waals surface area contributed by atoms with E-state index in [2.05, 4.69) is 10.3 Å². The second kappa shape index (κ2) is 8.76. The van der Waals surface area contributed by atoms with Crippen molar-refractivity contribution in [3.8, 4) is 0 Å². The van der Waals surface area contributed by atoms with Crippen LogP contribution in [-0.2, 0) is 22.6 Å². The molecule has 2 aromatic rings. The van der Waals surface area contributed by atoms with Gasteiger partial charge >= 0.3 is 0 Å². The molecule has 0 bridgehead atoms. The first-order chi connectivity index (χ1) is 11.5. The maximum absolute atomic E-state index is 12.9. The Hall–Kier alpha value is -2.76. The number of aromatic nitrogens is 1. The molecule has 126 valence electrons. The summed E-state index contributed by atoms with van der Waals surface area (Å²) in [4.78, 5) is 29.2. The van der Waals surface area contributed by atoms with Crippen molar-refractivity contribution in [1.29, 1.82) is 0 Å². The third kappa shape index (κ3) is 5.79. The monoisotopic (exact) mass is 329 g/mol. The van der Waals surface area contributed by atoms with Crippen molar-refractivity contribution < 1.29 is 14.0 Å². The van der Waals surface area contributed by atoms with E-state index in [0.717, 1.165) is 11.1 Å². The van der Waals surface area contributed by atoms with Crippen molar-refractivity contribution in [2.24, 2.45) is 0 Å². The van der Waals surface area contributed by atoms with Gasteiger partial charge in [0.15, 0.2) is 0 Å². The van der Waals surface area contributed by atoms with E-state index in [0.29, 0.717) is 19.5 Å². The lowest BCUT2D eigenvalue weighted by Crippen LogP contribution is -2.40. The summed E-state index contributed by atoms with van der Waals surface area (Å²) < 4.78 is 12.9. The molecule has 0 atom stereocenters. The molecule has 5 nitrogen and oxygen atoms in total. The van der Waals surface area contributed by atoms with Gasteiger partial charge in [0.25, 0.3) is 0 Å². The van der Waals surface area contributed by atoms with Crippen LogP contribution in [-0.4, -0.2) is 34.8 Å². The SMILES string of the molecule is CC(=O)N(CCc1ccc(F)cc1)CC(=O)NCc1cccnc1. The minimum atomic E-state index is -0.294. The maximum Gasteiger partial charge on any atom is 0.239 e. The van der Waals surface area contributed by atoms with Gasteiger partial charge in [0.2, 0.25) is 11.8 Å². The fourth-order valence-electron chi connectivity index (χ4n) is 2.20. The molecule has 1 aromatic heterocycles. The molecule has 1 heterocycles. The first-order valence-corrected chi connectivity index (χ1v) is 7.70. The number of hydrogen-bond acceptors (Lipinski definition) is 3. The van der Waals surface area contributed by atoms with Crippen LogP contribution in [0, 0.1) is 5.82 Å². The summed E-state index contributed by atoms with van der Waals surface area (Å²) in [5, 5.41) is 2.77. The van der Waals surface area contributed by atoms with Crippen LogP contribution in [0.5, 0.6) is 0 Å². The standard InChI is InChI=1S/C18H20FN3O2/c1-14(23)22(10-8-15-4-6-17(19)7-5-15)13-18(24)21-12-16-3-2-9-20-11-16/h2-7,9,11H,8,10,12-13H2,1H3,(H,21,24). The van der Waals surface area contributed by atoms with Crippen molar-refractivity contribution in [1.82, 2.24) is 15.2 Å². The quantitative estimate of drug-likeness (QED) is 0.844. The van der Waals surface area contributed by atoms with E-state index < -0.39 is 0 Å². The molecule has 0 fully saturated rings. The van der Waals surface area contributed by atoms with Gasteiger partial charge in [0.1, 0.15) is 5.82 Å². The van der Waals surface area contributed by atoms with Crippen molar-refractivity contribution in [2.45, 2.75) is 19.9 Å². The van der Waals surface area contributed by atoms with E-state index >= 15 is 0 Å². The Labute approximate surface area is 140 Å². The number of carbonyl (C=O) groups is 2. The molecule has 0 aliphatic carbocycles. The normalized spacial score (nSPS) is 10.2. The van der Waals surface area contributed by atoms with Gasteiger partial charge in [-0.25, -0.2) is 4.39 Å². The number of carbonyl (C=O) groups excluding carboxylic acids is 2. The molecule has 1 N–H and O–H groups in total. The highest BCUT2D eigenvalue weighted by Crippen LogP contribution is 2.05. The molecule has 0 aliphatic heterocycles. The molecule has 0 spiro atoms. The number of hydrogen-bond donors (Lipinski definition) is 1. The summed E-state index contributed by atoms with van der Waals surface area (Å²) in [5.41, 5.74) is 1.81. The predicted molar refractivity (Wildman–Crippen MR) is 88.4 cm³/mol. The van der Waals surface area contributed by atoms with Gasteiger partial charge in [-0.2, -0.15) is 0 Å². The van der Waals surface area contributed by atoms with Gasteiger partial charge in [0, 0.05) is 32.4 Å². The van der Waals surface area contributed by atoms with Crippen LogP contribution in [0.25, 0.3) is 0 Å². The lowest BCUT2D eigenvalue weighted by molar-refractivity contribution is -0.134.